The quantitative estimate of drug-likeness (QED) is 0.537. The highest BCUT2D eigenvalue weighted by atomic mass is 79.9. The summed E-state index contributed by atoms with van der Waals surface area (Å²) in [6, 6.07) is 11.2. The molecule has 148 valence electrons. The smallest absolute Gasteiger partial charge is 0.408 e. The summed E-state index contributed by atoms with van der Waals surface area (Å²) < 4.78 is 7.90. The molecule has 0 saturated heterocycles. The zero-order valence-corrected chi connectivity index (χ0v) is 18.4. The predicted octanol–water partition coefficient (Wildman–Crippen LogP) is 3.96. The molecule has 0 radical (unpaired) electrons. The van der Waals surface area contributed by atoms with Crippen molar-refractivity contribution in [1.82, 2.24) is 9.47 Å². The van der Waals surface area contributed by atoms with Gasteiger partial charge in [-0.3, -0.25) is 9.36 Å². The highest BCUT2D eigenvalue weighted by Crippen LogP contribution is 2.25. The largest absolute Gasteiger partial charge is 0.419 e. The number of carbonyl (C=O) groups excluding carboxylic acids is 1. The van der Waals surface area contributed by atoms with Gasteiger partial charge in [0.05, 0.1) is 11.3 Å². The zero-order valence-electron chi connectivity index (χ0n) is 16.0. The normalized spacial score (nSPS) is 11.3. The van der Waals surface area contributed by atoms with Crippen LogP contribution in [0.4, 0.5) is 5.69 Å². The summed E-state index contributed by atoms with van der Waals surface area (Å²) in [5.41, 5.74) is 2.96. The number of thioether (sulfide) groups is 1. The molecule has 0 aliphatic carbocycles. The van der Waals surface area contributed by atoms with Gasteiger partial charge in [0.15, 0.2) is 5.58 Å². The average molecular weight is 464 g/mol. The Hall–Kier alpha value is -2.03. The number of amides is 1. The molecule has 1 N–H and O–H groups in total. The SMILES string of the molecule is Cc1cc(Br)ccc1SCC(=O)Nc1ccc2oc(=O)n(CCN(C)C)c2c1. The highest BCUT2D eigenvalue weighted by molar-refractivity contribution is 9.10. The molecule has 8 heteroatoms. The molecule has 0 unspecified atom stereocenters. The minimum absolute atomic E-state index is 0.0997. The van der Waals surface area contributed by atoms with Gasteiger partial charge in [-0.1, -0.05) is 15.9 Å². The number of nitrogens with zero attached hydrogens (tertiary/aromatic N) is 2. The maximum Gasteiger partial charge on any atom is 0.419 e. The van der Waals surface area contributed by atoms with E-state index in [-0.39, 0.29) is 11.7 Å². The van der Waals surface area contributed by atoms with E-state index in [9.17, 15) is 9.59 Å². The number of nitrogens with one attached hydrogen (secondary N) is 1. The number of rotatable bonds is 7. The van der Waals surface area contributed by atoms with Crippen LogP contribution in [0.1, 0.15) is 5.56 Å². The van der Waals surface area contributed by atoms with Crippen molar-refractivity contribution < 1.29 is 9.21 Å². The molecular weight excluding hydrogens is 442 g/mol. The van der Waals surface area contributed by atoms with Gasteiger partial charge in [-0.25, -0.2) is 4.79 Å². The molecule has 3 aromatic rings. The Kier molecular flexibility index (Phi) is 6.64. The standard InChI is InChI=1S/C20H22BrN3O3S/c1-13-10-14(21)4-7-18(13)28-12-19(25)22-15-5-6-17-16(11-15)24(20(26)27-17)9-8-23(2)3/h4-7,10-11H,8-9,12H2,1-3H3,(H,22,25). The monoisotopic (exact) mass is 463 g/mol. The first kappa shape index (κ1) is 20.7. The second-order valence-electron chi connectivity index (χ2n) is 6.75. The van der Waals surface area contributed by atoms with E-state index < -0.39 is 0 Å². The first-order valence-corrected chi connectivity index (χ1v) is 10.6. The van der Waals surface area contributed by atoms with E-state index in [1.54, 1.807) is 22.8 Å². The summed E-state index contributed by atoms with van der Waals surface area (Å²) in [7, 11) is 3.90. The number of oxazole rings is 1. The summed E-state index contributed by atoms with van der Waals surface area (Å²) >= 11 is 4.94. The van der Waals surface area contributed by atoms with Gasteiger partial charge in [-0.05, 0) is 63.0 Å². The number of aromatic nitrogens is 1. The highest BCUT2D eigenvalue weighted by Gasteiger charge is 2.12. The fraction of sp³-hybridized carbons (Fsp3) is 0.300. The topological polar surface area (TPSA) is 67.5 Å². The molecule has 0 saturated carbocycles. The Morgan fingerprint density at radius 2 is 2.04 bits per heavy atom. The first-order chi connectivity index (χ1) is 13.3. The van der Waals surface area contributed by atoms with Crippen LogP contribution in [-0.2, 0) is 11.3 Å². The van der Waals surface area contributed by atoms with E-state index >= 15 is 0 Å². The molecular formula is C20H22BrN3O3S. The summed E-state index contributed by atoms with van der Waals surface area (Å²) in [5, 5.41) is 2.90. The maximum absolute atomic E-state index is 12.4. The molecule has 0 spiro atoms. The van der Waals surface area contributed by atoms with E-state index in [2.05, 4.69) is 21.2 Å². The molecule has 28 heavy (non-hydrogen) atoms. The minimum Gasteiger partial charge on any atom is -0.408 e. The van der Waals surface area contributed by atoms with E-state index in [4.69, 9.17) is 4.42 Å². The summed E-state index contributed by atoms with van der Waals surface area (Å²) in [6.07, 6.45) is 0. The van der Waals surface area contributed by atoms with Crippen molar-refractivity contribution in [2.45, 2.75) is 18.4 Å². The van der Waals surface area contributed by atoms with E-state index in [1.165, 1.54) is 11.8 Å². The van der Waals surface area contributed by atoms with Crippen LogP contribution in [0.2, 0.25) is 0 Å². The third kappa shape index (κ3) is 5.06. The molecule has 1 amide bonds. The van der Waals surface area contributed by atoms with Crippen molar-refractivity contribution >= 4 is 50.4 Å². The van der Waals surface area contributed by atoms with E-state index in [0.29, 0.717) is 35.6 Å². The third-order valence-electron chi connectivity index (χ3n) is 4.22. The number of halogens is 1. The van der Waals surface area contributed by atoms with Crippen LogP contribution in [0.5, 0.6) is 0 Å². The van der Waals surface area contributed by atoms with Gasteiger partial charge in [0, 0.05) is 28.1 Å². The lowest BCUT2D eigenvalue weighted by Crippen LogP contribution is -2.23. The Balaban J connectivity index is 1.70. The maximum atomic E-state index is 12.4. The number of benzene rings is 2. The Morgan fingerprint density at radius 1 is 1.25 bits per heavy atom. The lowest BCUT2D eigenvalue weighted by molar-refractivity contribution is -0.113. The van der Waals surface area contributed by atoms with Crippen LogP contribution in [-0.4, -0.2) is 41.8 Å². The van der Waals surface area contributed by atoms with E-state index in [0.717, 1.165) is 14.9 Å². The number of aryl methyl sites for hydroxylation is 1. The molecule has 6 nitrogen and oxygen atoms in total. The van der Waals surface area contributed by atoms with Crippen LogP contribution in [0.25, 0.3) is 11.1 Å². The average Bonchev–Trinajstić information content (AvgIpc) is 2.93. The van der Waals surface area contributed by atoms with Crippen LogP contribution < -0.4 is 11.1 Å². The molecule has 1 aromatic heterocycles. The molecule has 0 aliphatic heterocycles. The van der Waals surface area contributed by atoms with Crippen LogP contribution >= 0.6 is 27.7 Å². The number of carbonyl (C=O) groups is 1. The van der Waals surface area contributed by atoms with Gasteiger partial charge in [-0.2, -0.15) is 0 Å². The predicted molar refractivity (Wildman–Crippen MR) is 117 cm³/mol. The molecule has 2 aromatic carbocycles. The molecule has 3 rings (SSSR count). The van der Waals surface area contributed by atoms with Crippen molar-refractivity contribution in [3.63, 3.8) is 0 Å². The second-order valence-corrected chi connectivity index (χ2v) is 8.68. The van der Waals surface area contributed by atoms with Gasteiger partial charge in [-0.15, -0.1) is 11.8 Å². The molecule has 0 atom stereocenters. The molecule has 0 bridgehead atoms. The second kappa shape index (κ2) is 8.98. The fourth-order valence-electron chi connectivity index (χ4n) is 2.77. The van der Waals surface area contributed by atoms with Crippen molar-refractivity contribution in [2.24, 2.45) is 0 Å². The van der Waals surface area contributed by atoms with Crippen molar-refractivity contribution in [3.8, 4) is 0 Å². The Labute approximate surface area is 176 Å². The van der Waals surface area contributed by atoms with Gasteiger partial charge in [0.2, 0.25) is 5.91 Å². The summed E-state index contributed by atoms with van der Waals surface area (Å²) in [6.45, 7) is 3.26. The fourth-order valence-corrected chi connectivity index (χ4v) is 4.05. The van der Waals surface area contributed by atoms with Crippen LogP contribution in [0.15, 0.2) is 55.0 Å². The van der Waals surface area contributed by atoms with Gasteiger partial charge in [0.1, 0.15) is 0 Å². The third-order valence-corrected chi connectivity index (χ3v) is 5.89. The summed E-state index contributed by atoms with van der Waals surface area (Å²) in [5.74, 6) is -0.182. The van der Waals surface area contributed by atoms with Crippen molar-refractivity contribution in [3.05, 3.63) is 57.0 Å². The number of likely N-dealkylation sites (N-methyl/N-ethyl adjacent to an activating group) is 1. The van der Waals surface area contributed by atoms with Crippen LogP contribution in [0, 0.1) is 6.92 Å². The van der Waals surface area contributed by atoms with Gasteiger partial charge < -0.3 is 14.6 Å². The van der Waals surface area contributed by atoms with Gasteiger partial charge in [0.25, 0.3) is 0 Å². The van der Waals surface area contributed by atoms with Gasteiger partial charge >= 0.3 is 5.76 Å². The molecule has 0 fully saturated rings. The number of hydrogen-bond acceptors (Lipinski definition) is 5. The first-order valence-electron chi connectivity index (χ1n) is 8.80. The lowest BCUT2D eigenvalue weighted by atomic mass is 10.2. The molecule has 1 heterocycles. The number of hydrogen-bond donors (Lipinski definition) is 1. The zero-order chi connectivity index (χ0) is 20.3. The Morgan fingerprint density at radius 3 is 2.75 bits per heavy atom. The van der Waals surface area contributed by atoms with Crippen molar-refractivity contribution in [1.29, 1.82) is 0 Å². The van der Waals surface area contributed by atoms with E-state index in [1.807, 2.05) is 44.1 Å². The molecule has 0 aliphatic rings. The Bertz CT molecular complexity index is 1060. The number of anilines is 1. The summed E-state index contributed by atoms with van der Waals surface area (Å²) in [4.78, 5) is 27.5. The van der Waals surface area contributed by atoms with Crippen molar-refractivity contribution in [2.75, 3.05) is 31.7 Å². The number of fused-ring (bicyclic) bond motifs is 1. The van der Waals surface area contributed by atoms with Crippen LogP contribution in [0.3, 0.4) is 0 Å². The minimum atomic E-state index is -0.387. The lowest BCUT2D eigenvalue weighted by Gasteiger charge is -2.10.